The van der Waals surface area contributed by atoms with Crippen LogP contribution in [0.15, 0.2) is 18.2 Å². The molecule has 2 fully saturated rings. The summed E-state index contributed by atoms with van der Waals surface area (Å²) in [7, 11) is 0. The van der Waals surface area contributed by atoms with Gasteiger partial charge in [0, 0.05) is 32.6 Å². The lowest BCUT2D eigenvalue weighted by molar-refractivity contribution is -0.132. The number of nitrogens with zero attached hydrogens (tertiary/aromatic N) is 2. The van der Waals surface area contributed by atoms with E-state index in [0.717, 1.165) is 19.4 Å². The maximum absolute atomic E-state index is 13.5. The van der Waals surface area contributed by atoms with Crippen LogP contribution in [0.5, 0.6) is 5.75 Å². The van der Waals surface area contributed by atoms with Crippen molar-refractivity contribution in [2.45, 2.75) is 57.6 Å². The van der Waals surface area contributed by atoms with Crippen molar-refractivity contribution in [2.24, 2.45) is 0 Å². The van der Waals surface area contributed by atoms with E-state index < -0.39 is 5.60 Å². The third kappa shape index (κ3) is 5.20. The van der Waals surface area contributed by atoms with Gasteiger partial charge in [0.15, 0.2) is 0 Å². The molecule has 5 nitrogen and oxygen atoms in total. The molecule has 1 aliphatic heterocycles. The zero-order valence-electron chi connectivity index (χ0n) is 16.4. The summed E-state index contributed by atoms with van der Waals surface area (Å²) in [5.41, 5.74) is -0.642. The van der Waals surface area contributed by atoms with E-state index in [1.165, 1.54) is 25.3 Å². The smallest absolute Gasteiger partial charge is 0.219 e. The largest absolute Gasteiger partial charge is 0.490 e. The summed E-state index contributed by atoms with van der Waals surface area (Å²) in [4.78, 5) is 16.0. The molecule has 27 heavy (non-hydrogen) atoms. The summed E-state index contributed by atoms with van der Waals surface area (Å²) in [6, 6.07) is 5.05. The van der Waals surface area contributed by atoms with E-state index in [4.69, 9.17) is 4.74 Å². The Hall–Kier alpha value is -1.66. The van der Waals surface area contributed by atoms with Crippen LogP contribution in [0, 0.1) is 12.7 Å². The number of aryl methyl sites for hydroxylation is 1. The van der Waals surface area contributed by atoms with Gasteiger partial charge in [-0.05, 0) is 43.5 Å². The Kier molecular flexibility index (Phi) is 6.37. The van der Waals surface area contributed by atoms with Gasteiger partial charge in [-0.3, -0.25) is 9.69 Å². The molecule has 1 N–H and O–H groups in total. The molecule has 150 valence electrons. The molecule has 0 aromatic heterocycles. The fourth-order valence-electron chi connectivity index (χ4n) is 4.23. The van der Waals surface area contributed by atoms with Gasteiger partial charge in [-0.2, -0.15) is 0 Å². The van der Waals surface area contributed by atoms with Crippen molar-refractivity contribution in [3.63, 3.8) is 0 Å². The van der Waals surface area contributed by atoms with Crippen LogP contribution in [-0.4, -0.2) is 65.2 Å². The van der Waals surface area contributed by atoms with Crippen molar-refractivity contribution in [1.29, 1.82) is 0 Å². The number of ether oxygens (including phenoxy) is 1. The lowest BCUT2D eigenvalue weighted by atomic mass is 9.93. The van der Waals surface area contributed by atoms with Crippen LogP contribution in [0.4, 0.5) is 4.39 Å². The Morgan fingerprint density at radius 2 is 2.00 bits per heavy atom. The van der Waals surface area contributed by atoms with Crippen LogP contribution in [0.1, 0.15) is 44.6 Å². The number of rotatable bonds is 4. The number of carbonyl (C=O) groups is 1. The van der Waals surface area contributed by atoms with Crippen molar-refractivity contribution < 1.29 is 19.0 Å². The summed E-state index contributed by atoms with van der Waals surface area (Å²) in [6.45, 7) is 5.45. The fourth-order valence-corrected chi connectivity index (χ4v) is 4.23. The quantitative estimate of drug-likeness (QED) is 0.875. The molecule has 1 aliphatic carbocycles. The predicted octanol–water partition coefficient (Wildman–Crippen LogP) is 2.74. The van der Waals surface area contributed by atoms with Gasteiger partial charge in [0.1, 0.15) is 23.8 Å². The first kappa shape index (κ1) is 20.1. The van der Waals surface area contributed by atoms with Crippen molar-refractivity contribution in [3.8, 4) is 5.75 Å². The molecule has 6 heteroatoms. The number of benzene rings is 1. The highest BCUT2D eigenvalue weighted by Crippen LogP contribution is 2.27. The van der Waals surface area contributed by atoms with Gasteiger partial charge in [-0.25, -0.2) is 4.39 Å². The highest BCUT2D eigenvalue weighted by atomic mass is 19.1. The van der Waals surface area contributed by atoms with Crippen molar-refractivity contribution in [1.82, 2.24) is 9.80 Å². The van der Waals surface area contributed by atoms with E-state index in [9.17, 15) is 14.3 Å². The van der Waals surface area contributed by atoms with E-state index >= 15 is 0 Å². The van der Waals surface area contributed by atoms with Gasteiger partial charge in [-0.1, -0.05) is 19.3 Å². The second-order valence-corrected chi connectivity index (χ2v) is 8.13. The van der Waals surface area contributed by atoms with Crippen LogP contribution >= 0.6 is 0 Å². The highest BCUT2D eigenvalue weighted by Gasteiger charge is 2.39. The molecule has 1 amide bonds. The molecule has 0 spiro atoms. The molecule has 1 saturated heterocycles. The molecule has 3 rings (SSSR count). The number of hydrogen-bond donors (Lipinski definition) is 1. The third-order valence-corrected chi connectivity index (χ3v) is 5.81. The van der Waals surface area contributed by atoms with E-state index in [0.29, 0.717) is 30.4 Å². The standard InChI is InChI=1S/C21H31FN2O3/c1-16-12-19(8-9-20(16)22)27-15-21(26)13-23(17(2)25)10-11-24(14-21)18-6-4-3-5-7-18/h8-9,12,18,26H,3-7,10-11,13-15H2,1-2H3. The Labute approximate surface area is 161 Å². The summed E-state index contributed by atoms with van der Waals surface area (Å²) in [5, 5.41) is 11.3. The normalized spacial score (nSPS) is 25.3. The second-order valence-electron chi connectivity index (χ2n) is 8.13. The zero-order chi connectivity index (χ0) is 19.4. The van der Waals surface area contributed by atoms with Gasteiger partial charge >= 0.3 is 0 Å². The van der Waals surface area contributed by atoms with Crippen LogP contribution in [0.3, 0.4) is 0 Å². The molecule has 1 unspecified atom stereocenters. The van der Waals surface area contributed by atoms with Gasteiger partial charge in [-0.15, -0.1) is 0 Å². The van der Waals surface area contributed by atoms with E-state index in [2.05, 4.69) is 4.90 Å². The molecule has 0 radical (unpaired) electrons. The van der Waals surface area contributed by atoms with Crippen molar-refractivity contribution in [3.05, 3.63) is 29.6 Å². The summed E-state index contributed by atoms with van der Waals surface area (Å²) < 4.78 is 19.3. The third-order valence-electron chi connectivity index (χ3n) is 5.81. The first-order valence-corrected chi connectivity index (χ1v) is 9.97. The minimum Gasteiger partial charge on any atom is -0.490 e. The number of hydrogen-bond acceptors (Lipinski definition) is 4. The SMILES string of the molecule is CC(=O)N1CCN(C2CCCCC2)CC(O)(COc2ccc(F)c(C)c2)C1. The van der Waals surface area contributed by atoms with Crippen LogP contribution in [0.2, 0.25) is 0 Å². The molecular formula is C21H31FN2O3. The van der Waals surface area contributed by atoms with Gasteiger partial charge in [0.05, 0.1) is 6.54 Å². The number of carbonyl (C=O) groups excluding carboxylic acids is 1. The fraction of sp³-hybridized carbons (Fsp3) is 0.667. The summed E-state index contributed by atoms with van der Waals surface area (Å²) in [5.74, 6) is 0.225. The molecule has 1 aromatic rings. The number of aliphatic hydroxyl groups is 1. The minimum atomic E-state index is -1.15. The Balaban J connectivity index is 1.72. The lowest BCUT2D eigenvalue weighted by Crippen LogP contribution is -2.53. The first-order chi connectivity index (χ1) is 12.9. The van der Waals surface area contributed by atoms with Gasteiger partial charge in [0.2, 0.25) is 5.91 Å². The highest BCUT2D eigenvalue weighted by molar-refractivity contribution is 5.73. The molecule has 1 atom stereocenters. The summed E-state index contributed by atoms with van der Waals surface area (Å²) >= 11 is 0. The molecule has 1 saturated carbocycles. The predicted molar refractivity (Wildman–Crippen MR) is 102 cm³/mol. The van der Waals surface area contributed by atoms with E-state index in [-0.39, 0.29) is 24.9 Å². The summed E-state index contributed by atoms with van der Waals surface area (Å²) in [6.07, 6.45) is 6.02. The molecule has 1 heterocycles. The van der Waals surface area contributed by atoms with E-state index in [1.54, 1.807) is 30.9 Å². The maximum Gasteiger partial charge on any atom is 0.219 e. The molecule has 0 bridgehead atoms. The molecule has 1 aromatic carbocycles. The lowest BCUT2D eigenvalue weighted by Gasteiger charge is -2.37. The number of amides is 1. The average molecular weight is 378 g/mol. The minimum absolute atomic E-state index is 0.0310. The second kappa shape index (κ2) is 8.57. The van der Waals surface area contributed by atoms with Crippen LogP contribution in [0.25, 0.3) is 0 Å². The monoisotopic (exact) mass is 378 g/mol. The topological polar surface area (TPSA) is 53.0 Å². The van der Waals surface area contributed by atoms with Crippen LogP contribution in [-0.2, 0) is 4.79 Å². The number of halogens is 1. The zero-order valence-corrected chi connectivity index (χ0v) is 16.4. The Morgan fingerprint density at radius 1 is 1.26 bits per heavy atom. The van der Waals surface area contributed by atoms with Crippen molar-refractivity contribution >= 4 is 5.91 Å². The van der Waals surface area contributed by atoms with Gasteiger partial charge in [0.25, 0.3) is 0 Å². The average Bonchev–Trinajstić information content (AvgIpc) is 2.83. The maximum atomic E-state index is 13.5. The van der Waals surface area contributed by atoms with Crippen molar-refractivity contribution in [2.75, 3.05) is 32.8 Å². The Bertz CT molecular complexity index is 663. The number of β-amino-alcohol motifs (C(OH)–C–C–N with tert-alkyl or cyclic N) is 1. The molecular weight excluding hydrogens is 347 g/mol. The Morgan fingerprint density at radius 3 is 2.67 bits per heavy atom. The van der Waals surface area contributed by atoms with E-state index in [1.807, 2.05) is 0 Å². The van der Waals surface area contributed by atoms with Crippen LogP contribution < -0.4 is 4.74 Å². The first-order valence-electron chi connectivity index (χ1n) is 9.97. The van der Waals surface area contributed by atoms with Gasteiger partial charge < -0.3 is 14.7 Å². The molecule has 2 aliphatic rings.